The Morgan fingerprint density at radius 3 is 3.07 bits per heavy atom. The topological polar surface area (TPSA) is 65.8 Å². The van der Waals surface area contributed by atoms with Crippen molar-refractivity contribution in [1.82, 2.24) is 10.3 Å². The average molecular weight is 224 g/mol. The van der Waals surface area contributed by atoms with Gasteiger partial charge in [-0.3, -0.25) is 9.78 Å². The highest BCUT2D eigenvalue weighted by atomic mass is 35.5. The summed E-state index contributed by atoms with van der Waals surface area (Å²) in [7, 11) is 0. The van der Waals surface area contributed by atoms with Crippen LogP contribution < -0.4 is 5.32 Å². The highest BCUT2D eigenvalue weighted by Gasteiger charge is 2.09. The van der Waals surface area contributed by atoms with E-state index in [9.17, 15) is 4.79 Å². The number of amides is 1. The second kappa shape index (κ2) is 5.32. The lowest BCUT2D eigenvalue weighted by Crippen LogP contribution is -2.24. The molecule has 0 saturated carbocycles. The van der Waals surface area contributed by atoms with Gasteiger partial charge in [-0.25, -0.2) is 0 Å². The summed E-state index contributed by atoms with van der Waals surface area (Å²) in [5.74, 6) is -0.303. The minimum absolute atomic E-state index is 0.280. The summed E-state index contributed by atoms with van der Waals surface area (Å²) in [5, 5.41) is 11.2. The molecule has 0 spiro atoms. The minimum atomic E-state index is -0.303. The predicted molar refractivity (Wildman–Crippen MR) is 56.5 cm³/mol. The fraction of sp³-hybridized carbons (Fsp3) is 0.300. The lowest BCUT2D eigenvalue weighted by Gasteiger charge is -2.04. The molecule has 0 aromatic carbocycles. The zero-order valence-corrected chi connectivity index (χ0v) is 9.01. The number of nitrogens with one attached hydrogen (secondary N) is 1. The Morgan fingerprint density at radius 2 is 2.47 bits per heavy atom. The van der Waals surface area contributed by atoms with E-state index in [1.807, 2.05) is 6.07 Å². The largest absolute Gasteiger partial charge is 0.351 e. The number of carbonyl (C=O) groups is 1. The van der Waals surface area contributed by atoms with E-state index in [1.54, 1.807) is 13.0 Å². The Kier molecular flexibility index (Phi) is 4.07. The first kappa shape index (κ1) is 11.5. The molecule has 0 aliphatic rings. The summed E-state index contributed by atoms with van der Waals surface area (Å²) >= 11 is 5.87. The van der Waals surface area contributed by atoms with Crippen LogP contribution in [0.5, 0.6) is 0 Å². The first-order valence-corrected chi connectivity index (χ1v) is 4.80. The number of aryl methyl sites for hydroxylation is 1. The molecule has 0 fully saturated rings. The molecule has 0 aliphatic heterocycles. The van der Waals surface area contributed by atoms with Crippen molar-refractivity contribution < 1.29 is 4.79 Å². The van der Waals surface area contributed by atoms with Crippen LogP contribution in [-0.4, -0.2) is 17.4 Å². The molecule has 1 aromatic heterocycles. The van der Waals surface area contributed by atoms with Crippen LogP contribution >= 0.6 is 11.6 Å². The van der Waals surface area contributed by atoms with Gasteiger partial charge in [0.25, 0.3) is 5.91 Å². The van der Waals surface area contributed by atoms with E-state index < -0.39 is 0 Å². The maximum absolute atomic E-state index is 11.5. The van der Waals surface area contributed by atoms with Crippen molar-refractivity contribution in [2.75, 3.05) is 6.54 Å². The van der Waals surface area contributed by atoms with E-state index in [-0.39, 0.29) is 12.3 Å². The van der Waals surface area contributed by atoms with Gasteiger partial charge in [-0.1, -0.05) is 11.6 Å². The van der Waals surface area contributed by atoms with E-state index >= 15 is 0 Å². The molecule has 1 heterocycles. The van der Waals surface area contributed by atoms with Crippen LogP contribution in [0.25, 0.3) is 0 Å². The molecular formula is C10H10ClN3O. The molecule has 1 amide bonds. The summed E-state index contributed by atoms with van der Waals surface area (Å²) < 4.78 is 0. The number of hydrogen-bond donors (Lipinski definition) is 1. The fourth-order valence-corrected chi connectivity index (χ4v) is 1.31. The summed E-state index contributed by atoms with van der Waals surface area (Å²) in [5.41, 5.74) is 1.09. The third-order valence-electron chi connectivity index (χ3n) is 1.76. The lowest BCUT2D eigenvalue weighted by molar-refractivity contribution is 0.0954. The number of nitriles is 1. The Morgan fingerprint density at radius 1 is 1.73 bits per heavy atom. The molecule has 4 nitrogen and oxygen atoms in total. The first-order chi connectivity index (χ1) is 7.15. The predicted octanol–water partition coefficient (Wildman–Crippen LogP) is 1.69. The van der Waals surface area contributed by atoms with Gasteiger partial charge in [0.15, 0.2) is 0 Å². The van der Waals surface area contributed by atoms with Gasteiger partial charge in [-0.05, 0) is 13.0 Å². The van der Waals surface area contributed by atoms with Crippen molar-refractivity contribution in [2.45, 2.75) is 13.3 Å². The maximum Gasteiger partial charge on any atom is 0.254 e. The Hall–Kier alpha value is -1.60. The van der Waals surface area contributed by atoms with Gasteiger partial charge in [0.2, 0.25) is 0 Å². The number of hydrogen-bond acceptors (Lipinski definition) is 3. The van der Waals surface area contributed by atoms with Crippen molar-refractivity contribution in [3.05, 3.63) is 28.5 Å². The second-order valence-electron chi connectivity index (χ2n) is 2.97. The van der Waals surface area contributed by atoms with Crippen molar-refractivity contribution in [3.63, 3.8) is 0 Å². The quantitative estimate of drug-likeness (QED) is 0.793. The van der Waals surface area contributed by atoms with Gasteiger partial charge in [0, 0.05) is 18.4 Å². The van der Waals surface area contributed by atoms with Crippen molar-refractivity contribution in [3.8, 4) is 6.07 Å². The normalized spacial score (nSPS) is 9.40. The number of halogens is 1. The SMILES string of the molecule is Cc1cc(Cl)c(C(=O)NCCC#N)cn1. The van der Waals surface area contributed by atoms with E-state index in [0.717, 1.165) is 5.69 Å². The van der Waals surface area contributed by atoms with Gasteiger partial charge < -0.3 is 5.32 Å². The Balaban J connectivity index is 2.70. The highest BCUT2D eigenvalue weighted by Crippen LogP contribution is 2.15. The zero-order valence-electron chi connectivity index (χ0n) is 8.25. The van der Waals surface area contributed by atoms with Gasteiger partial charge in [0.05, 0.1) is 23.1 Å². The molecule has 1 aromatic rings. The van der Waals surface area contributed by atoms with Crippen LogP contribution in [-0.2, 0) is 0 Å². The summed E-state index contributed by atoms with van der Waals surface area (Å²) in [6, 6.07) is 3.56. The monoisotopic (exact) mass is 223 g/mol. The second-order valence-corrected chi connectivity index (χ2v) is 3.38. The molecular weight excluding hydrogens is 214 g/mol. The van der Waals surface area contributed by atoms with Gasteiger partial charge in [-0.15, -0.1) is 0 Å². The van der Waals surface area contributed by atoms with Gasteiger partial charge in [0.1, 0.15) is 0 Å². The van der Waals surface area contributed by atoms with Gasteiger partial charge in [-0.2, -0.15) is 5.26 Å². The molecule has 1 N–H and O–H groups in total. The summed E-state index contributed by atoms with van der Waals surface area (Å²) in [6.07, 6.45) is 1.71. The maximum atomic E-state index is 11.5. The third kappa shape index (κ3) is 3.22. The van der Waals surface area contributed by atoms with Crippen LogP contribution in [0.3, 0.4) is 0 Å². The van der Waals surface area contributed by atoms with Crippen LogP contribution in [0.4, 0.5) is 0 Å². The van der Waals surface area contributed by atoms with Crippen molar-refractivity contribution in [1.29, 1.82) is 5.26 Å². The van der Waals surface area contributed by atoms with E-state index in [2.05, 4.69) is 10.3 Å². The van der Waals surface area contributed by atoms with Crippen LogP contribution in [0.1, 0.15) is 22.5 Å². The van der Waals surface area contributed by atoms with Crippen molar-refractivity contribution in [2.24, 2.45) is 0 Å². The molecule has 0 unspecified atom stereocenters. The van der Waals surface area contributed by atoms with Gasteiger partial charge >= 0.3 is 0 Å². The third-order valence-corrected chi connectivity index (χ3v) is 2.07. The van der Waals surface area contributed by atoms with Crippen LogP contribution in [0, 0.1) is 18.3 Å². The number of pyridine rings is 1. The number of carbonyl (C=O) groups excluding carboxylic acids is 1. The molecule has 78 valence electrons. The molecule has 0 aliphatic carbocycles. The average Bonchev–Trinajstić information content (AvgIpc) is 2.17. The molecule has 0 atom stereocenters. The molecule has 0 bridgehead atoms. The molecule has 5 heteroatoms. The standard InChI is InChI=1S/C10H10ClN3O/c1-7-5-9(11)8(6-14-7)10(15)13-4-2-3-12/h5-6H,2,4H2,1H3,(H,13,15). The zero-order chi connectivity index (χ0) is 11.3. The van der Waals surface area contributed by atoms with E-state index in [4.69, 9.17) is 16.9 Å². The molecule has 15 heavy (non-hydrogen) atoms. The Labute approximate surface area is 92.9 Å². The summed E-state index contributed by atoms with van der Waals surface area (Å²) in [6.45, 7) is 2.11. The van der Waals surface area contributed by atoms with Crippen LogP contribution in [0.15, 0.2) is 12.3 Å². The number of aromatic nitrogens is 1. The first-order valence-electron chi connectivity index (χ1n) is 4.42. The highest BCUT2D eigenvalue weighted by molar-refractivity contribution is 6.33. The van der Waals surface area contributed by atoms with Crippen LogP contribution in [0.2, 0.25) is 5.02 Å². The molecule has 1 rings (SSSR count). The Bertz CT molecular complexity index is 412. The summed E-state index contributed by atoms with van der Waals surface area (Å²) in [4.78, 5) is 15.5. The molecule has 0 saturated heterocycles. The molecule has 0 radical (unpaired) electrons. The van der Waals surface area contributed by atoms with E-state index in [1.165, 1.54) is 6.20 Å². The smallest absolute Gasteiger partial charge is 0.254 e. The number of nitrogens with zero attached hydrogens (tertiary/aromatic N) is 2. The van der Waals surface area contributed by atoms with Crippen molar-refractivity contribution >= 4 is 17.5 Å². The van der Waals surface area contributed by atoms with E-state index in [0.29, 0.717) is 17.1 Å². The number of rotatable bonds is 3. The lowest BCUT2D eigenvalue weighted by atomic mass is 10.2. The minimum Gasteiger partial charge on any atom is -0.351 e. The fourth-order valence-electron chi connectivity index (χ4n) is 1.02.